The molecule has 1 aliphatic rings. The highest BCUT2D eigenvalue weighted by molar-refractivity contribution is 5.84. The number of nitrogens with one attached hydrogen (secondary N) is 2. The zero-order valence-corrected chi connectivity index (χ0v) is 16.4. The van der Waals surface area contributed by atoms with Crippen molar-refractivity contribution in [2.24, 2.45) is 4.99 Å². The molecule has 7 nitrogen and oxygen atoms in total. The summed E-state index contributed by atoms with van der Waals surface area (Å²) in [6.07, 6.45) is 0. The average Bonchev–Trinajstić information content (AvgIpc) is 2.68. The number of amides is 1. The summed E-state index contributed by atoms with van der Waals surface area (Å²) in [5.74, 6) is 0.285. The van der Waals surface area contributed by atoms with Gasteiger partial charge in [-0.3, -0.25) is 9.69 Å². The molecular formula is C19H30FN5O2. The van der Waals surface area contributed by atoms with Gasteiger partial charge in [0.15, 0.2) is 5.96 Å². The SMILES string of the molecule is CCNC(=NCC(=O)N(C)C)NCC(c1ccc(F)cc1)N1CCOCC1. The third-order valence-electron chi connectivity index (χ3n) is 4.42. The maximum absolute atomic E-state index is 13.3. The Kier molecular flexibility index (Phi) is 8.47. The third-order valence-corrected chi connectivity index (χ3v) is 4.42. The molecule has 2 rings (SSSR count). The second-order valence-corrected chi connectivity index (χ2v) is 6.58. The quantitative estimate of drug-likeness (QED) is 0.543. The lowest BCUT2D eigenvalue weighted by Gasteiger charge is -2.35. The van der Waals surface area contributed by atoms with Gasteiger partial charge in [0, 0.05) is 40.3 Å². The summed E-state index contributed by atoms with van der Waals surface area (Å²) >= 11 is 0. The molecule has 1 atom stereocenters. The number of likely N-dealkylation sites (N-methyl/N-ethyl adjacent to an activating group) is 1. The summed E-state index contributed by atoms with van der Waals surface area (Å²) in [7, 11) is 3.42. The lowest BCUT2D eigenvalue weighted by Crippen LogP contribution is -2.46. The van der Waals surface area contributed by atoms with E-state index in [-0.39, 0.29) is 24.3 Å². The van der Waals surface area contributed by atoms with E-state index in [2.05, 4.69) is 20.5 Å². The highest BCUT2D eigenvalue weighted by Crippen LogP contribution is 2.21. The minimum absolute atomic E-state index is 0.0582. The van der Waals surface area contributed by atoms with Gasteiger partial charge in [-0.2, -0.15) is 0 Å². The summed E-state index contributed by atoms with van der Waals surface area (Å²) in [4.78, 5) is 20.0. The van der Waals surface area contributed by atoms with Crippen LogP contribution < -0.4 is 10.6 Å². The Morgan fingerprint density at radius 1 is 1.26 bits per heavy atom. The van der Waals surface area contributed by atoms with Crippen molar-refractivity contribution in [1.29, 1.82) is 0 Å². The molecule has 1 aromatic carbocycles. The van der Waals surface area contributed by atoms with Crippen LogP contribution in [0.2, 0.25) is 0 Å². The van der Waals surface area contributed by atoms with Crippen molar-refractivity contribution in [3.05, 3.63) is 35.6 Å². The highest BCUT2D eigenvalue weighted by Gasteiger charge is 2.23. The first-order valence-corrected chi connectivity index (χ1v) is 9.31. The van der Waals surface area contributed by atoms with Crippen LogP contribution in [0.4, 0.5) is 4.39 Å². The van der Waals surface area contributed by atoms with Crippen molar-refractivity contribution < 1.29 is 13.9 Å². The first kappa shape index (κ1) is 21.1. The Hall–Kier alpha value is -2.19. The van der Waals surface area contributed by atoms with Crippen LogP contribution in [0.5, 0.6) is 0 Å². The largest absolute Gasteiger partial charge is 0.379 e. The summed E-state index contributed by atoms with van der Waals surface area (Å²) in [5, 5.41) is 6.48. The number of carbonyl (C=O) groups is 1. The number of halogens is 1. The van der Waals surface area contributed by atoms with Crippen LogP contribution in [0, 0.1) is 5.82 Å². The van der Waals surface area contributed by atoms with E-state index in [1.54, 1.807) is 14.1 Å². The van der Waals surface area contributed by atoms with E-state index >= 15 is 0 Å². The lowest BCUT2D eigenvalue weighted by molar-refractivity contribution is -0.127. The van der Waals surface area contributed by atoms with Gasteiger partial charge in [-0.05, 0) is 24.6 Å². The Labute approximate surface area is 160 Å². The van der Waals surface area contributed by atoms with Gasteiger partial charge in [0.05, 0.1) is 19.3 Å². The van der Waals surface area contributed by atoms with Gasteiger partial charge in [-0.25, -0.2) is 9.38 Å². The molecule has 1 amide bonds. The van der Waals surface area contributed by atoms with E-state index in [9.17, 15) is 9.18 Å². The standard InChI is InChI=1S/C19H30FN5O2/c1-4-21-19(23-14-18(26)24(2)3)22-13-17(25-9-11-27-12-10-25)15-5-7-16(20)8-6-15/h5-8,17H,4,9-14H2,1-3H3,(H2,21,22,23). The molecule has 150 valence electrons. The van der Waals surface area contributed by atoms with Gasteiger partial charge in [0.2, 0.25) is 5.91 Å². The zero-order chi connectivity index (χ0) is 19.6. The molecule has 1 unspecified atom stereocenters. The first-order valence-electron chi connectivity index (χ1n) is 9.31. The molecule has 0 spiro atoms. The number of morpholine rings is 1. The summed E-state index contributed by atoms with van der Waals surface area (Å²) in [5.41, 5.74) is 1.03. The van der Waals surface area contributed by atoms with Crippen molar-refractivity contribution in [3.63, 3.8) is 0 Å². The van der Waals surface area contributed by atoms with E-state index in [0.717, 1.165) is 18.7 Å². The average molecular weight is 379 g/mol. The minimum Gasteiger partial charge on any atom is -0.379 e. The fourth-order valence-corrected chi connectivity index (χ4v) is 2.86. The van der Waals surface area contributed by atoms with Crippen LogP contribution in [0.1, 0.15) is 18.5 Å². The number of guanidine groups is 1. The van der Waals surface area contributed by atoms with Crippen molar-refractivity contribution in [2.75, 3.05) is 60.0 Å². The van der Waals surface area contributed by atoms with E-state index in [4.69, 9.17) is 4.74 Å². The van der Waals surface area contributed by atoms with E-state index in [0.29, 0.717) is 32.3 Å². The fourth-order valence-electron chi connectivity index (χ4n) is 2.86. The molecule has 1 fully saturated rings. The molecule has 0 bridgehead atoms. The van der Waals surface area contributed by atoms with Gasteiger partial charge < -0.3 is 20.3 Å². The molecule has 0 saturated carbocycles. The number of ether oxygens (including phenoxy) is 1. The number of carbonyl (C=O) groups excluding carboxylic acids is 1. The van der Waals surface area contributed by atoms with Crippen molar-refractivity contribution in [1.82, 2.24) is 20.4 Å². The van der Waals surface area contributed by atoms with Crippen LogP contribution in [-0.2, 0) is 9.53 Å². The van der Waals surface area contributed by atoms with Gasteiger partial charge in [-0.15, -0.1) is 0 Å². The molecule has 1 saturated heterocycles. The van der Waals surface area contributed by atoms with Gasteiger partial charge in [0.1, 0.15) is 12.4 Å². The van der Waals surface area contributed by atoms with E-state index < -0.39 is 0 Å². The maximum Gasteiger partial charge on any atom is 0.243 e. The molecule has 0 radical (unpaired) electrons. The van der Waals surface area contributed by atoms with Gasteiger partial charge in [0.25, 0.3) is 0 Å². The number of nitrogens with zero attached hydrogens (tertiary/aromatic N) is 3. The Bertz CT molecular complexity index is 615. The second kappa shape index (κ2) is 10.8. The Morgan fingerprint density at radius 3 is 2.52 bits per heavy atom. The normalized spacial score (nSPS) is 16.7. The second-order valence-electron chi connectivity index (χ2n) is 6.58. The Balaban J connectivity index is 2.08. The monoisotopic (exact) mass is 379 g/mol. The van der Waals surface area contributed by atoms with E-state index in [1.807, 2.05) is 19.1 Å². The summed E-state index contributed by atoms with van der Waals surface area (Å²) in [6.45, 7) is 6.35. The summed E-state index contributed by atoms with van der Waals surface area (Å²) in [6, 6.07) is 6.66. The van der Waals surface area contributed by atoms with Crippen molar-refractivity contribution in [3.8, 4) is 0 Å². The maximum atomic E-state index is 13.3. The number of hydrogen-bond donors (Lipinski definition) is 2. The van der Waals surface area contributed by atoms with Crippen molar-refractivity contribution in [2.45, 2.75) is 13.0 Å². The molecular weight excluding hydrogens is 349 g/mol. The summed E-state index contributed by atoms with van der Waals surface area (Å²) < 4.78 is 18.8. The van der Waals surface area contributed by atoms with Crippen LogP contribution in [0.15, 0.2) is 29.3 Å². The predicted molar refractivity (Wildman–Crippen MR) is 104 cm³/mol. The molecule has 8 heteroatoms. The minimum atomic E-state index is -0.246. The van der Waals surface area contributed by atoms with E-state index in [1.165, 1.54) is 17.0 Å². The zero-order valence-electron chi connectivity index (χ0n) is 16.4. The molecule has 1 aliphatic heterocycles. The Morgan fingerprint density at radius 2 is 1.93 bits per heavy atom. The number of aliphatic imine (C=N–C) groups is 1. The van der Waals surface area contributed by atoms with Crippen LogP contribution in [0.25, 0.3) is 0 Å². The third kappa shape index (κ3) is 6.80. The molecule has 0 aliphatic carbocycles. The fraction of sp³-hybridized carbons (Fsp3) is 0.579. The molecule has 27 heavy (non-hydrogen) atoms. The highest BCUT2D eigenvalue weighted by atomic mass is 19.1. The lowest BCUT2D eigenvalue weighted by atomic mass is 10.0. The molecule has 1 aromatic rings. The molecule has 2 N–H and O–H groups in total. The van der Waals surface area contributed by atoms with Gasteiger partial charge >= 0.3 is 0 Å². The number of benzene rings is 1. The molecule has 0 aromatic heterocycles. The molecule has 1 heterocycles. The smallest absolute Gasteiger partial charge is 0.243 e. The van der Waals surface area contributed by atoms with Crippen molar-refractivity contribution >= 4 is 11.9 Å². The predicted octanol–water partition coefficient (Wildman–Crippen LogP) is 0.842. The van der Waals surface area contributed by atoms with Crippen LogP contribution >= 0.6 is 0 Å². The van der Waals surface area contributed by atoms with Crippen LogP contribution in [-0.4, -0.2) is 81.7 Å². The van der Waals surface area contributed by atoms with Crippen LogP contribution in [0.3, 0.4) is 0 Å². The topological polar surface area (TPSA) is 69.2 Å². The number of rotatable bonds is 7. The number of hydrogen-bond acceptors (Lipinski definition) is 4. The van der Waals surface area contributed by atoms with Gasteiger partial charge in [-0.1, -0.05) is 12.1 Å². The first-order chi connectivity index (χ1) is 13.0.